The summed E-state index contributed by atoms with van der Waals surface area (Å²) in [6, 6.07) is 16.4. The highest BCUT2D eigenvalue weighted by Crippen LogP contribution is 2.36. The summed E-state index contributed by atoms with van der Waals surface area (Å²) in [5.41, 5.74) is 9.80. The molecule has 4 N–H and O–H groups in total. The molecule has 4 rings (SSSR count). The van der Waals surface area contributed by atoms with E-state index in [-0.39, 0.29) is 12.6 Å². The fourth-order valence-electron chi connectivity index (χ4n) is 3.82. The van der Waals surface area contributed by atoms with Crippen molar-refractivity contribution >= 4 is 17.6 Å². The Bertz CT molecular complexity index is 974. The van der Waals surface area contributed by atoms with Crippen molar-refractivity contribution in [3.63, 3.8) is 0 Å². The van der Waals surface area contributed by atoms with Crippen molar-refractivity contribution in [1.82, 2.24) is 10.4 Å². The summed E-state index contributed by atoms with van der Waals surface area (Å²) in [4.78, 5) is 32.6. The Hall–Kier alpha value is -3.52. The van der Waals surface area contributed by atoms with Crippen LogP contribution in [0.3, 0.4) is 0 Å². The van der Waals surface area contributed by atoms with Gasteiger partial charge in [-0.15, -0.1) is 5.48 Å². The number of anilines is 1. The highest BCUT2D eigenvalue weighted by molar-refractivity contribution is 5.92. The number of nitrogens with one attached hydrogen (secondary N) is 2. The Kier molecular flexibility index (Phi) is 5.33. The van der Waals surface area contributed by atoms with Crippen LogP contribution in [0.1, 0.15) is 12.0 Å². The summed E-state index contributed by atoms with van der Waals surface area (Å²) >= 11 is 0. The summed E-state index contributed by atoms with van der Waals surface area (Å²) in [5.74, 6) is 0.856. The largest absolute Gasteiger partial charge is 0.497 e. The van der Waals surface area contributed by atoms with Crippen LogP contribution in [-0.4, -0.2) is 42.6 Å². The maximum Gasteiger partial charge on any atom is 0.322 e. The van der Waals surface area contributed by atoms with E-state index >= 15 is 0 Å². The van der Waals surface area contributed by atoms with E-state index < -0.39 is 11.4 Å². The molecule has 0 bridgehead atoms. The fourth-order valence-corrected chi connectivity index (χ4v) is 3.82. The van der Waals surface area contributed by atoms with Crippen molar-refractivity contribution < 1.29 is 19.2 Å². The van der Waals surface area contributed by atoms with Crippen LogP contribution in [0.2, 0.25) is 0 Å². The third-order valence-corrected chi connectivity index (χ3v) is 5.52. The van der Waals surface area contributed by atoms with E-state index in [4.69, 9.17) is 15.3 Å². The van der Waals surface area contributed by atoms with Crippen LogP contribution in [0.25, 0.3) is 0 Å². The van der Waals surface area contributed by atoms with E-state index in [1.165, 1.54) is 0 Å². The van der Waals surface area contributed by atoms with E-state index in [9.17, 15) is 9.59 Å². The van der Waals surface area contributed by atoms with Gasteiger partial charge in [0.15, 0.2) is 5.54 Å². The molecule has 2 heterocycles. The number of hydroxylamine groups is 1. The third kappa shape index (κ3) is 3.69. The van der Waals surface area contributed by atoms with Crippen LogP contribution >= 0.6 is 0 Å². The Morgan fingerprint density at radius 1 is 1.20 bits per heavy atom. The van der Waals surface area contributed by atoms with Gasteiger partial charge in [-0.2, -0.15) is 0 Å². The van der Waals surface area contributed by atoms with Crippen LogP contribution in [0.4, 0.5) is 10.5 Å². The molecule has 1 atom stereocenters. The molecule has 1 unspecified atom stereocenters. The molecule has 0 radical (unpaired) electrons. The zero-order valence-corrected chi connectivity index (χ0v) is 16.7. The van der Waals surface area contributed by atoms with E-state index in [0.717, 1.165) is 5.56 Å². The number of rotatable bonds is 5. The van der Waals surface area contributed by atoms with Crippen molar-refractivity contribution in [1.29, 1.82) is 0 Å². The van der Waals surface area contributed by atoms with Crippen LogP contribution < -0.4 is 21.3 Å². The molecule has 30 heavy (non-hydrogen) atoms. The Labute approximate surface area is 174 Å². The molecule has 2 aromatic carbocycles. The average Bonchev–Trinajstić information content (AvgIpc) is 3.14. The molecule has 8 nitrogen and oxygen atoms in total. The van der Waals surface area contributed by atoms with E-state index in [0.29, 0.717) is 42.2 Å². The molecule has 2 aromatic rings. The first kappa shape index (κ1) is 19.8. The number of ether oxygens (including phenoxy) is 1. The fraction of sp³-hybridized carbons (Fsp3) is 0.273. The lowest BCUT2D eigenvalue weighted by atomic mass is 9.81. The molecule has 156 valence electrons. The maximum atomic E-state index is 12.8. The molecule has 0 saturated heterocycles. The minimum atomic E-state index is -1.18. The van der Waals surface area contributed by atoms with Crippen molar-refractivity contribution in [3.8, 4) is 5.75 Å². The SMILES string of the molecule is COc1ccc(NC(=O)N2CCC3=C(C2)C(Cc2ccccc2)(C(N)=O)NO3)cc1. The number of primary amides is 1. The van der Waals surface area contributed by atoms with Crippen molar-refractivity contribution in [2.45, 2.75) is 18.4 Å². The molecular formula is C22H24N4O4. The summed E-state index contributed by atoms with van der Waals surface area (Å²) in [5, 5.41) is 2.88. The molecule has 8 heteroatoms. The summed E-state index contributed by atoms with van der Waals surface area (Å²) in [6.07, 6.45) is 0.845. The quantitative estimate of drug-likeness (QED) is 0.703. The number of benzene rings is 2. The van der Waals surface area contributed by atoms with Crippen molar-refractivity contribution in [2.75, 3.05) is 25.5 Å². The van der Waals surface area contributed by atoms with E-state index in [1.807, 2.05) is 30.3 Å². The minimum absolute atomic E-state index is 0.250. The first-order chi connectivity index (χ1) is 14.5. The Morgan fingerprint density at radius 2 is 1.93 bits per heavy atom. The standard InChI is InChI=1S/C22H24N4O4/c1-29-17-9-7-16(8-10-17)24-21(28)26-12-11-19-18(14-26)22(20(23)27,25-30-19)13-15-5-3-2-4-6-15/h2-10,25H,11-14H2,1H3,(H2,23,27)(H,24,28). The highest BCUT2D eigenvalue weighted by atomic mass is 16.7. The Balaban J connectivity index is 1.52. The van der Waals surface area contributed by atoms with Crippen molar-refractivity contribution in [3.05, 3.63) is 71.5 Å². The van der Waals surface area contributed by atoms with Gasteiger partial charge in [-0.25, -0.2) is 4.79 Å². The zero-order chi connectivity index (χ0) is 21.1. The van der Waals surface area contributed by atoms with Crippen LogP contribution in [0, 0.1) is 0 Å². The number of hydrogen-bond donors (Lipinski definition) is 3. The van der Waals surface area contributed by atoms with Gasteiger partial charge in [-0.1, -0.05) is 30.3 Å². The number of urea groups is 1. The zero-order valence-electron chi connectivity index (χ0n) is 16.7. The molecule has 2 aliphatic rings. The molecular weight excluding hydrogens is 384 g/mol. The lowest BCUT2D eigenvalue weighted by molar-refractivity contribution is -0.125. The van der Waals surface area contributed by atoms with E-state index in [1.54, 1.807) is 36.3 Å². The van der Waals surface area contributed by atoms with Crippen LogP contribution in [-0.2, 0) is 16.1 Å². The third-order valence-electron chi connectivity index (χ3n) is 5.52. The number of carbonyl (C=O) groups excluding carboxylic acids is 2. The molecule has 0 fully saturated rings. The molecule has 2 aliphatic heterocycles. The van der Waals surface area contributed by atoms with Gasteiger partial charge in [0.1, 0.15) is 11.5 Å². The van der Waals surface area contributed by atoms with Gasteiger partial charge in [-0.3, -0.25) is 4.79 Å². The van der Waals surface area contributed by atoms with Gasteiger partial charge in [0.25, 0.3) is 0 Å². The van der Waals surface area contributed by atoms with Gasteiger partial charge in [0.05, 0.1) is 7.11 Å². The van der Waals surface area contributed by atoms with Gasteiger partial charge < -0.3 is 25.5 Å². The topological polar surface area (TPSA) is 106 Å². The predicted octanol–water partition coefficient (Wildman–Crippen LogP) is 2.19. The molecule has 3 amide bonds. The van der Waals surface area contributed by atoms with Crippen molar-refractivity contribution in [2.24, 2.45) is 5.73 Å². The second-order valence-electron chi connectivity index (χ2n) is 7.37. The molecule has 0 aromatic heterocycles. The first-order valence-corrected chi connectivity index (χ1v) is 9.72. The number of amides is 3. The minimum Gasteiger partial charge on any atom is -0.497 e. The van der Waals surface area contributed by atoms with Gasteiger partial charge in [0.2, 0.25) is 5.91 Å². The molecule has 0 spiro atoms. The van der Waals surface area contributed by atoms with Gasteiger partial charge >= 0.3 is 6.03 Å². The lowest BCUT2D eigenvalue weighted by Gasteiger charge is -2.33. The van der Waals surface area contributed by atoms with Gasteiger partial charge in [-0.05, 0) is 29.8 Å². The average molecular weight is 408 g/mol. The number of methoxy groups -OCH3 is 1. The second-order valence-corrected chi connectivity index (χ2v) is 7.37. The Morgan fingerprint density at radius 3 is 2.60 bits per heavy atom. The molecule has 0 aliphatic carbocycles. The number of hydrogen-bond acceptors (Lipinski definition) is 5. The maximum absolute atomic E-state index is 12.8. The molecule has 0 saturated carbocycles. The smallest absolute Gasteiger partial charge is 0.322 e. The van der Waals surface area contributed by atoms with E-state index in [2.05, 4.69) is 10.8 Å². The normalized spacial score (nSPS) is 20.4. The number of nitrogens with two attached hydrogens (primary N) is 1. The van der Waals surface area contributed by atoms with Crippen LogP contribution in [0.5, 0.6) is 5.75 Å². The number of nitrogens with zero attached hydrogens (tertiary/aromatic N) is 1. The van der Waals surface area contributed by atoms with Gasteiger partial charge in [0, 0.05) is 37.2 Å². The monoisotopic (exact) mass is 408 g/mol. The number of carbonyl (C=O) groups is 2. The van der Waals surface area contributed by atoms with Crippen LogP contribution in [0.15, 0.2) is 65.9 Å². The second kappa shape index (κ2) is 8.08. The highest BCUT2D eigenvalue weighted by Gasteiger charge is 2.50. The summed E-state index contributed by atoms with van der Waals surface area (Å²) in [7, 11) is 1.59. The first-order valence-electron chi connectivity index (χ1n) is 9.72. The lowest BCUT2D eigenvalue weighted by Crippen LogP contribution is -2.57. The predicted molar refractivity (Wildman–Crippen MR) is 112 cm³/mol. The summed E-state index contributed by atoms with van der Waals surface area (Å²) in [6.45, 7) is 0.725. The summed E-state index contributed by atoms with van der Waals surface area (Å²) < 4.78 is 5.14.